The molecule has 4 aromatic heterocycles. The third kappa shape index (κ3) is 3.95. The molecule has 6 rings (SSSR count). The molecule has 0 bridgehead atoms. The van der Waals surface area contributed by atoms with Gasteiger partial charge in [0.1, 0.15) is 5.69 Å². The van der Waals surface area contributed by atoms with Gasteiger partial charge in [-0.2, -0.15) is 0 Å². The molecule has 1 N–H and O–H groups in total. The molecule has 0 amide bonds. The lowest BCUT2D eigenvalue weighted by Gasteiger charge is -2.29. The van der Waals surface area contributed by atoms with E-state index < -0.39 is 6.10 Å². The standard InChI is InChI=1S/C27H24N6O2/c34-25-4-2-1-3-24(25)33-16-32-26-19-7-8-28-14-21(19)18(12-20(26)27(33)35)11-17-5-6-22(31-13-17)23-15-29-9-10-30-23/h5-10,12-16,24-25,34H,1-4,11H2/t24?,25-/m0/s1. The van der Waals surface area contributed by atoms with Crippen LogP contribution in [0.4, 0.5) is 0 Å². The Kier molecular flexibility index (Phi) is 5.50. The third-order valence-electron chi connectivity index (χ3n) is 6.87. The van der Waals surface area contributed by atoms with Crippen LogP contribution >= 0.6 is 0 Å². The Morgan fingerprint density at radius 3 is 2.54 bits per heavy atom. The molecule has 1 fully saturated rings. The maximum Gasteiger partial charge on any atom is 0.261 e. The number of aromatic nitrogens is 6. The van der Waals surface area contributed by atoms with E-state index in [-0.39, 0.29) is 11.6 Å². The summed E-state index contributed by atoms with van der Waals surface area (Å²) in [7, 11) is 0. The highest BCUT2D eigenvalue weighted by Crippen LogP contribution is 2.30. The van der Waals surface area contributed by atoms with Gasteiger partial charge in [0.15, 0.2) is 0 Å². The highest BCUT2D eigenvalue weighted by molar-refractivity contribution is 6.06. The summed E-state index contributed by atoms with van der Waals surface area (Å²) < 4.78 is 1.63. The molecule has 8 heteroatoms. The fourth-order valence-corrected chi connectivity index (χ4v) is 5.07. The smallest absolute Gasteiger partial charge is 0.261 e. The summed E-state index contributed by atoms with van der Waals surface area (Å²) in [5.41, 5.74) is 4.01. The number of hydrogen-bond acceptors (Lipinski definition) is 7. The van der Waals surface area contributed by atoms with Crippen LogP contribution in [0.15, 0.2) is 72.6 Å². The Morgan fingerprint density at radius 1 is 0.857 bits per heavy atom. The fourth-order valence-electron chi connectivity index (χ4n) is 5.07. The monoisotopic (exact) mass is 464 g/mol. The van der Waals surface area contributed by atoms with Crippen molar-refractivity contribution in [3.05, 3.63) is 89.3 Å². The molecule has 35 heavy (non-hydrogen) atoms. The Balaban J connectivity index is 1.44. The molecule has 1 saturated carbocycles. The number of pyridine rings is 2. The van der Waals surface area contributed by atoms with E-state index in [0.29, 0.717) is 23.7 Å². The van der Waals surface area contributed by atoms with Gasteiger partial charge in [-0.05, 0) is 48.6 Å². The highest BCUT2D eigenvalue weighted by Gasteiger charge is 2.26. The van der Waals surface area contributed by atoms with Crippen LogP contribution in [0.1, 0.15) is 42.9 Å². The van der Waals surface area contributed by atoms with Gasteiger partial charge in [-0.25, -0.2) is 4.98 Å². The fraction of sp³-hybridized carbons (Fsp3) is 0.259. The molecule has 0 aliphatic heterocycles. The summed E-state index contributed by atoms with van der Waals surface area (Å²) >= 11 is 0. The van der Waals surface area contributed by atoms with Crippen LogP contribution in [-0.4, -0.2) is 40.7 Å². The lowest BCUT2D eigenvalue weighted by molar-refractivity contribution is 0.0735. The molecule has 0 saturated heterocycles. The van der Waals surface area contributed by atoms with Crippen molar-refractivity contribution in [2.24, 2.45) is 0 Å². The first-order chi connectivity index (χ1) is 17.2. The molecule has 2 atom stereocenters. The summed E-state index contributed by atoms with van der Waals surface area (Å²) in [6.07, 6.45) is 15.5. The second-order valence-corrected chi connectivity index (χ2v) is 9.05. The van der Waals surface area contributed by atoms with Gasteiger partial charge in [-0.3, -0.25) is 29.3 Å². The van der Waals surface area contributed by atoms with E-state index in [1.807, 2.05) is 36.7 Å². The first kappa shape index (κ1) is 21.5. The van der Waals surface area contributed by atoms with Gasteiger partial charge < -0.3 is 5.11 Å². The van der Waals surface area contributed by atoms with Gasteiger partial charge in [0, 0.05) is 41.8 Å². The normalized spacial score (nSPS) is 18.2. The van der Waals surface area contributed by atoms with Crippen molar-refractivity contribution in [1.82, 2.24) is 29.5 Å². The minimum absolute atomic E-state index is 0.114. The van der Waals surface area contributed by atoms with E-state index in [0.717, 1.165) is 52.5 Å². The molecule has 1 unspecified atom stereocenters. The topological polar surface area (TPSA) is 107 Å². The third-order valence-corrected chi connectivity index (χ3v) is 6.87. The zero-order valence-electron chi connectivity index (χ0n) is 19.1. The van der Waals surface area contributed by atoms with E-state index in [4.69, 9.17) is 0 Å². The number of aliphatic hydroxyl groups is 1. The van der Waals surface area contributed by atoms with Gasteiger partial charge in [0.2, 0.25) is 0 Å². The zero-order chi connectivity index (χ0) is 23.8. The quantitative estimate of drug-likeness (QED) is 0.403. The molecule has 0 spiro atoms. The van der Waals surface area contributed by atoms with Crippen LogP contribution in [0, 0.1) is 0 Å². The van der Waals surface area contributed by atoms with Gasteiger partial charge in [0.25, 0.3) is 5.56 Å². The van der Waals surface area contributed by atoms with E-state index in [1.165, 1.54) is 0 Å². The molecule has 0 radical (unpaired) electrons. The van der Waals surface area contributed by atoms with Gasteiger partial charge >= 0.3 is 0 Å². The minimum Gasteiger partial charge on any atom is -0.391 e. The Morgan fingerprint density at radius 2 is 1.74 bits per heavy atom. The highest BCUT2D eigenvalue weighted by atomic mass is 16.3. The summed E-state index contributed by atoms with van der Waals surface area (Å²) in [6, 6.07) is 7.55. The maximum atomic E-state index is 13.6. The van der Waals surface area contributed by atoms with E-state index in [2.05, 4.69) is 24.9 Å². The first-order valence-electron chi connectivity index (χ1n) is 11.8. The number of hydrogen-bond donors (Lipinski definition) is 1. The lowest BCUT2D eigenvalue weighted by atomic mass is 9.92. The molecule has 174 valence electrons. The van der Waals surface area contributed by atoms with E-state index in [1.54, 1.807) is 35.7 Å². The molecule has 1 aromatic carbocycles. The molecule has 1 aliphatic carbocycles. The summed E-state index contributed by atoms with van der Waals surface area (Å²) in [6.45, 7) is 0. The lowest BCUT2D eigenvalue weighted by Crippen LogP contribution is -2.34. The predicted molar refractivity (Wildman–Crippen MR) is 133 cm³/mol. The second kappa shape index (κ2) is 8.96. The van der Waals surface area contributed by atoms with Crippen LogP contribution in [0.5, 0.6) is 0 Å². The molecule has 4 heterocycles. The summed E-state index contributed by atoms with van der Waals surface area (Å²) in [5.74, 6) is 0. The number of aliphatic hydroxyl groups excluding tert-OH is 1. The molecule has 1 aliphatic rings. The van der Waals surface area contributed by atoms with Crippen molar-refractivity contribution in [3.63, 3.8) is 0 Å². The van der Waals surface area contributed by atoms with E-state index >= 15 is 0 Å². The van der Waals surface area contributed by atoms with Crippen molar-refractivity contribution in [2.75, 3.05) is 0 Å². The van der Waals surface area contributed by atoms with Crippen LogP contribution in [0.2, 0.25) is 0 Å². The van der Waals surface area contributed by atoms with Crippen molar-refractivity contribution in [3.8, 4) is 11.4 Å². The predicted octanol–water partition coefficient (Wildman–Crippen LogP) is 3.86. The number of rotatable bonds is 4. The van der Waals surface area contributed by atoms with Gasteiger partial charge in [-0.15, -0.1) is 0 Å². The van der Waals surface area contributed by atoms with E-state index in [9.17, 15) is 9.90 Å². The zero-order valence-corrected chi connectivity index (χ0v) is 19.1. The number of benzene rings is 1. The Bertz CT molecular complexity index is 1570. The minimum atomic E-state index is -0.524. The molecular formula is C27H24N6O2. The van der Waals surface area contributed by atoms with Crippen LogP contribution in [0.25, 0.3) is 33.1 Å². The Hall–Kier alpha value is -4.04. The first-order valence-corrected chi connectivity index (χ1v) is 11.8. The van der Waals surface area contributed by atoms with Crippen molar-refractivity contribution in [1.29, 1.82) is 0 Å². The van der Waals surface area contributed by atoms with Crippen molar-refractivity contribution in [2.45, 2.75) is 44.2 Å². The summed E-state index contributed by atoms with van der Waals surface area (Å²) in [4.78, 5) is 35.6. The van der Waals surface area contributed by atoms with Gasteiger partial charge in [-0.1, -0.05) is 18.9 Å². The average molecular weight is 465 g/mol. The van der Waals surface area contributed by atoms with Crippen molar-refractivity contribution < 1.29 is 5.11 Å². The van der Waals surface area contributed by atoms with Crippen LogP contribution < -0.4 is 5.56 Å². The summed E-state index contributed by atoms with van der Waals surface area (Å²) in [5, 5.41) is 12.9. The van der Waals surface area contributed by atoms with Crippen LogP contribution in [0.3, 0.4) is 0 Å². The average Bonchev–Trinajstić information content (AvgIpc) is 2.91. The largest absolute Gasteiger partial charge is 0.391 e. The number of nitrogens with zero attached hydrogens (tertiary/aromatic N) is 6. The SMILES string of the molecule is O=c1c2cc(Cc3ccc(-c4cnccn4)nc3)c3cnccc3c2ncn1C1CCCC[C@@H]1O. The van der Waals surface area contributed by atoms with Crippen LogP contribution in [-0.2, 0) is 6.42 Å². The molecule has 5 aromatic rings. The molecule has 8 nitrogen and oxygen atoms in total. The maximum absolute atomic E-state index is 13.6. The van der Waals surface area contributed by atoms with Crippen molar-refractivity contribution >= 4 is 21.7 Å². The second-order valence-electron chi connectivity index (χ2n) is 9.05. The Labute approximate surface area is 201 Å². The molecular weight excluding hydrogens is 440 g/mol. The number of fused-ring (bicyclic) bond motifs is 3. The van der Waals surface area contributed by atoms with Gasteiger partial charge in [0.05, 0.1) is 41.3 Å².